The molecule has 164 valence electrons. The van der Waals surface area contributed by atoms with Crippen molar-refractivity contribution in [2.24, 2.45) is 5.92 Å². The van der Waals surface area contributed by atoms with Crippen LogP contribution in [0.2, 0.25) is 5.02 Å². The maximum atomic E-state index is 12.1. The minimum Gasteiger partial charge on any atom is -0.493 e. The van der Waals surface area contributed by atoms with E-state index in [0.29, 0.717) is 29.6 Å². The lowest BCUT2D eigenvalue weighted by molar-refractivity contribution is -0.124. The largest absolute Gasteiger partial charge is 0.493 e. The lowest BCUT2D eigenvalue weighted by atomic mass is 10.1. The fourth-order valence-corrected chi connectivity index (χ4v) is 3.71. The smallest absolute Gasteiger partial charge is 0.223 e. The van der Waals surface area contributed by atoms with Crippen molar-refractivity contribution in [2.45, 2.75) is 46.3 Å². The quantitative estimate of drug-likeness (QED) is 0.686. The van der Waals surface area contributed by atoms with Crippen LogP contribution in [0.3, 0.4) is 0 Å². The summed E-state index contributed by atoms with van der Waals surface area (Å²) in [5, 5.41) is 12.3. The van der Waals surface area contributed by atoms with E-state index in [0.717, 1.165) is 49.7 Å². The van der Waals surface area contributed by atoms with Crippen molar-refractivity contribution in [1.82, 2.24) is 25.0 Å². The highest BCUT2D eigenvalue weighted by Gasteiger charge is 2.21. The third-order valence-electron chi connectivity index (χ3n) is 5.62. The van der Waals surface area contributed by atoms with E-state index >= 15 is 0 Å². The molecule has 1 aromatic carbocycles. The minimum absolute atomic E-state index is 0.00162. The van der Waals surface area contributed by atoms with E-state index in [4.69, 9.17) is 21.1 Å². The molecule has 0 saturated carbocycles. The van der Waals surface area contributed by atoms with E-state index in [1.165, 1.54) is 0 Å². The number of amides is 1. The molecule has 0 radical (unpaired) electrons. The van der Waals surface area contributed by atoms with Crippen molar-refractivity contribution in [3.63, 3.8) is 0 Å². The van der Waals surface area contributed by atoms with Crippen LogP contribution in [0.5, 0.6) is 11.5 Å². The van der Waals surface area contributed by atoms with Gasteiger partial charge in [0, 0.05) is 49.6 Å². The van der Waals surface area contributed by atoms with Gasteiger partial charge in [-0.15, -0.1) is 10.2 Å². The molecule has 30 heavy (non-hydrogen) atoms. The molecule has 1 amide bonds. The lowest BCUT2D eigenvalue weighted by Crippen LogP contribution is -2.30. The van der Waals surface area contributed by atoms with Crippen LogP contribution >= 0.6 is 11.6 Å². The maximum absolute atomic E-state index is 12.1. The van der Waals surface area contributed by atoms with Gasteiger partial charge in [-0.05, 0) is 18.1 Å². The minimum atomic E-state index is -0.00162. The van der Waals surface area contributed by atoms with Gasteiger partial charge in [-0.2, -0.15) is 0 Å². The average Bonchev–Trinajstić information content (AvgIpc) is 3.04. The summed E-state index contributed by atoms with van der Waals surface area (Å²) in [6, 6.07) is 3.72. The Labute approximate surface area is 182 Å². The van der Waals surface area contributed by atoms with E-state index < -0.39 is 0 Å². The Kier molecular flexibility index (Phi) is 7.55. The fourth-order valence-electron chi connectivity index (χ4n) is 3.50. The zero-order valence-corrected chi connectivity index (χ0v) is 18.8. The molecule has 9 heteroatoms. The normalized spacial score (nSPS) is 15.2. The Bertz CT molecular complexity index is 886. The number of fused-ring (bicyclic) bond motifs is 1. The molecule has 2 aromatic rings. The number of nitrogens with zero attached hydrogens (tertiary/aromatic N) is 4. The van der Waals surface area contributed by atoms with Gasteiger partial charge in [-0.3, -0.25) is 9.69 Å². The SMILES string of the molecule is CCC(C)C(=O)NCc1nnc2n1CCN(Cc1cc(OC)c(OC)cc1Cl)CC2. The topological polar surface area (TPSA) is 81.5 Å². The molecule has 1 unspecified atom stereocenters. The zero-order chi connectivity index (χ0) is 21.7. The van der Waals surface area contributed by atoms with E-state index in [1.807, 2.05) is 19.9 Å². The van der Waals surface area contributed by atoms with Gasteiger partial charge in [0.25, 0.3) is 0 Å². The van der Waals surface area contributed by atoms with Gasteiger partial charge in [0.05, 0.1) is 20.8 Å². The first-order chi connectivity index (χ1) is 14.5. The fraction of sp³-hybridized carbons (Fsp3) is 0.571. The molecular formula is C21H30ClN5O3. The van der Waals surface area contributed by atoms with Crippen LogP contribution in [0.25, 0.3) is 0 Å². The van der Waals surface area contributed by atoms with Crippen LogP contribution in [0.1, 0.15) is 37.5 Å². The Hall–Kier alpha value is -2.32. The first kappa shape index (κ1) is 22.4. The average molecular weight is 436 g/mol. The van der Waals surface area contributed by atoms with Gasteiger partial charge in [-0.1, -0.05) is 25.4 Å². The van der Waals surface area contributed by atoms with Crippen LogP contribution in [-0.2, 0) is 30.8 Å². The molecule has 1 aromatic heterocycles. The van der Waals surface area contributed by atoms with Crippen molar-refractivity contribution in [3.8, 4) is 11.5 Å². The molecular weight excluding hydrogens is 406 g/mol. The summed E-state index contributed by atoms with van der Waals surface area (Å²) < 4.78 is 12.8. The summed E-state index contributed by atoms with van der Waals surface area (Å²) >= 11 is 6.47. The van der Waals surface area contributed by atoms with E-state index in [9.17, 15) is 4.79 Å². The highest BCUT2D eigenvalue weighted by molar-refractivity contribution is 6.31. The first-order valence-corrected chi connectivity index (χ1v) is 10.7. The Morgan fingerprint density at radius 3 is 2.63 bits per heavy atom. The first-order valence-electron chi connectivity index (χ1n) is 10.3. The monoisotopic (exact) mass is 435 g/mol. The molecule has 0 spiro atoms. The Balaban J connectivity index is 1.65. The number of rotatable bonds is 8. The van der Waals surface area contributed by atoms with Gasteiger partial charge in [-0.25, -0.2) is 0 Å². The van der Waals surface area contributed by atoms with Crippen LogP contribution in [0.15, 0.2) is 12.1 Å². The van der Waals surface area contributed by atoms with Crippen molar-refractivity contribution < 1.29 is 14.3 Å². The number of carbonyl (C=O) groups is 1. The molecule has 0 saturated heterocycles. The van der Waals surface area contributed by atoms with Crippen molar-refractivity contribution in [1.29, 1.82) is 0 Å². The maximum Gasteiger partial charge on any atom is 0.223 e. The second kappa shape index (κ2) is 10.1. The summed E-state index contributed by atoms with van der Waals surface area (Å²) in [6.07, 6.45) is 1.61. The molecule has 1 aliphatic heterocycles. The number of carbonyl (C=O) groups excluding carboxylic acids is 1. The van der Waals surface area contributed by atoms with Crippen molar-refractivity contribution >= 4 is 17.5 Å². The van der Waals surface area contributed by atoms with Gasteiger partial charge < -0.3 is 19.4 Å². The van der Waals surface area contributed by atoms with Crippen LogP contribution in [0.4, 0.5) is 0 Å². The molecule has 0 fully saturated rings. The number of hydrogen-bond acceptors (Lipinski definition) is 6. The van der Waals surface area contributed by atoms with E-state index in [1.54, 1.807) is 20.3 Å². The molecule has 1 N–H and O–H groups in total. The molecule has 1 aliphatic rings. The van der Waals surface area contributed by atoms with Gasteiger partial charge in [0.1, 0.15) is 5.82 Å². The number of benzene rings is 1. The molecule has 2 heterocycles. The second-order valence-corrected chi connectivity index (χ2v) is 7.94. The van der Waals surface area contributed by atoms with Crippen LogP contribution in [-0.4, -0.2) is 52.9 Å². The lowest BCUT2D eigenvalue weighted by Gasteiger charge is -2.21. The standard InChI is InChI=1S/C21H30ClN5O3/c1-5-14(2)21(28)23-12-20-25-24-19-6-7-26(8-9-27(19)20)13-15-10-17(29-3)18(30-4)11-16(15)22/h10-11,14H,5-9,12-13H2,1-4H3,(H,23,28). The summed E-state index contributed by atoms with van der Waals surface area (Å²) in [5.41, 5.74) is 0.994. The summed E-state index contributed by atoms with van der Waals surface area (Å²) in [5.74, 6) is 3.09. The third-order valence-corrected chi connectivity index (χ3v) is 5.97. The van der Waals surface area contributed by atoms with Crippen LogP contribution < -0.4 is 14.8 Å². The second-order valence-electron chi connectivity index (χ2n) is 7.54. The zero-order valence-electron chi connectivity index (χ0n) is 18.1. The van der Waals surface area contributed by atoms with E-state index in [-0.39, 0.29) is 11.8 Å². The molecule has 8 nitrogen and oxygen atoms in total. The highest BCUT2D eigenvalue weighted by Crippen LogP contribution is 2.33. The molecule has 3 rings (SSSR count). The van der Waals surface area contributed by atoms with Gasteiger partial charge in [0.2, 0.25) is 5.91 Å². The van der Waals surface area contributed by atoms with Crippen molar-refractivity contribution in [3.05, 3.63) is 34.4 Å². The van der Waals surface area contributed by atoms with Gasteiger partial charge in [0.15, 0.2) is 17.3 Å². The van der Waals surface area contributed by atoms with E-state index in [2.05, 4.69) is 25.0 Å². The Morgan fingerprint density at radius 1 is 1.20 bits per heavy atom. The number of halogens is 1. The van der Waals surface area contributed by atoms with Crippen LogP contribution in [0, 0.1) is 5.92 Å². The highest BCUT2D eigenvalue weighted by atomic mass is 35.5. The molecule has 1 atom stereocenters. The van der Waals surface area contributed by atoms with Gasteiger partial charge >= 0.3 is 0 Å². The number of aromatic nitrogens is 3. The number of methoxy groups -OCH3 is 2. The Morgan fingerprint density at radius 2 is 1.93 bits per heavy atom. The summed E-state index contributed by atoms with van der Waals surface area (Å²) in [7, 11) is 3.22. The van der Waals surface area contributed by atoms with Crippen molar-refractivity contribution in [2.75, 3.05) is 27.3 Å². The predicted octanol–water partition coefficient (Wildman–Crippen LogP) is 2.67. The molecule has 0 bridgehead atoms. The molecule has 0 aliphatic carbocycles. The number of nitrogens with one attached hydrogen (secondary N) is 1. The third kappa shape index (κ3) is 5.05. The number of hydrogen-bond donors (Lipinski definition) is 1. The number of ether oxygens (including phenoxy) is 2. The summed E-state index contributed by atoms with van der Waals surface area (Å²) in [6.45, 7) is 7.49. The predicted molar refractivity (Wildman–Crippen MR) is 115 cm³/mol. The summed E-state index contributed by atoms with van der Waals surface area (Å²) in [4.78, 5) is 14.4.